The smallest absolute Gasteiger partial charge is 0.338 e. The van der Waals surface area contributed by atoms with Crippen LogP contribution in [0.5, 0.6) is 0 Å². The Morgan fingerprint density at radius 2 is 1.77 bits per heavy atom. The summed E-state index contributed by atoms with van der Waals surface area (Å²) in [6, 6.07) is 15.9. The van der Waals surface area contributed by atoms with Gasteiger partial charge < -0.3 is 13.9 Å². The van der Waals surface area contributed by atoms with Crippen molar-refractivity contribution >= 4 is 22.7 Å². The third kappa shape index (κ3) is 4.37. The van der Waals surface area contributed by atoms with Crippen LogP contribution < -0.4 is 0 Å². The van der Waals surface area contributed by atoms with Crippen LogP contribution in [-0.4, -0.2) is 24.5 Å². The molecule has 2 aromatic carbocycles. The fourth-order valence-electron chi connectivity index (χ4n) is 2.40. The summed E-state index contributed by atoms with van der Waals surface area (Å²) in [7, 11) is 0. The van der Waals surface area contributed by atoms with Crippen molar-refractivity contribution in [2.45, 2.75) is 26.6 Å². The lowest BCUT2D eigenvalue weighted by molar-refractivity contribution is 0.0468. The average molecular weight is 352 g/mol. The highest BCUT2D eigenvalue weighted by Gasteiger charge is 2.15. The first-order valence-corrected chi connectivity index (χ1v) is 8.42. The number of carbonyl (C=O) groups is 2. The first-order chi connectivity index (χ1) is 12.5. The second-order valence-electron chi connectivity index (χ2n) is 6.20. The lowest BCUT2D eigenvalue weighted by Gasteiger charge is -2.08. The summed E-state index contributed by atoms with van der Waals surface area (Å²) >= 11 is 0. The highest BCUT2D eigenvalue weighted by Crippen LogP contribution is 2.19. The van der Waals surface area contributed by atoms with Gasteiger partial charge in [-0.2, -0.15) is 0 Å². The van der Waals surface area contributed by atoms with E-state index in [-0.39, 0.29) is 24.3 Å². The Morgan fingerprint density at radius 1 is 1.04 bits per heavy atom. The van der Waals surface area contributed by atoms with Crippen molar-refractivity contribution in [3.8, 4) is 0 Å². The number of Topliss-reactive ketones (excluding diaryl/α,β-unsaturated/α-hetero) is 1. The number of para-hydroxylation sites is 1. The molecule has 0 aliphatic heterocycles. The summed E-state index contributed by atoms with van der Waals surface area (Å²) in [5.41, 5.74) is 1.98. The maximum Gasteiger partial charge on any atom is 0.338 e. The molecule has 0 unspecified atom stereocenters. The zero-order chi connectivity index (χ0) is 18.5. The molecule has 0 saturated carbocycles. The fraction of sp³-hybridized carbons (Fsp3) is 0.238. The molecule has 26 heavy (non-hydrogen) atoms. The van der Waals surface area contributed by atoms with Gasteiger partial charge >= 0.3 is 5.97 Å². The Kier molecular flexibility index (Phi) is 5.49. The lowest BCUT2D eigenvalue weighted by Crippen LogP contribution is -2.13. The van der Waals surface area contributed by atoms with E-state index in [4.69, 9.17) is 13.9 Å². The SMILES string of the molecule is CC(C)OCc1ccc(C(=O)OCC(=O)c2cc3ccccc3o2)cc1. The molecule has 5 nitrogen and oxygen atoms in total. The number of carbonyl (C=O) groups excluding carboxylic acids is 2. The van der Waals surface area contributed by atoms with Crippen LogP contribution in [0.2, 0.25) is 0 Å². The van der Waals surface area contributed by atoms with Gasteiger partial charge in [-0.3, -0.25) is 4.79 Å². The quantitative estimate of drug-likeness (QED) is 0.466. The molecule has 0 aliphatic rings. The van der Waals surface area contributed by atoms with E-state index in [1.54, 1.807) is 36.4 Å². The number of furan rings is 1. The maximum absolute atomic E-state index is 12.2. The van der Waals surface area contributed by atoms with E-state index in [0.29, 0.717) is 17.8 Å². The van der Waals surface area contributed by atoms with Crippen LogP contribution in [-0.2, 0) is 16.1 Å². The van der Waals surface area contributed by atoms with Gasteiger partial charge in [-0.1, -0.05) is 30.3 Å². The summed E-state index contributed by atoms with van der Waals surface area (Å²) in [5.74, 6) is -0.748. The van der Waals surface area contributed by atoms with E-state index >= 15 is 0 Å². The van der Waals surface area contributed by atoms with Gasteiger partial charge in [0.05, 0.1) is 18.3 Å². The molecule has 0 amide bonds. The molecule has 0 fully saturated rings. The molecule has 0 atom stereocenters. The molecule has 3 rings (SSSR count). The molecular weight excluding hydrogens is 332 g/mol. The standard InChI is InChI=1S/C21H20O5/c1-14(2)24-12-15-7-9-16(10-8-15)21(23)25-13-18(22)20-11-17-5-3-4-6-19(17)26-20/h3-11,14H,12-13H2,1-2H3. The van der Waals surface area contributed by atoms with E-state index < -0.39 is 5.97 Å². The third-order valence-electron chi connectivity index (χ3n) is 3.81. The largest absolute Gasteiger partial charge is 0.454 e. The predicted molar refractivity (Wildman–Crippen MR) is 97.2 cm³/mol. The van der Waals surface area contributed by atoms with Crippen LogP contribution in [0.1, 0.15) is 40.3 Å². The van der Waals surface area contributed by atoms with Crippen molar-refractivity contribution in [1.29, 1.82) is 0 Å². The van der Waals surface area contributed by atoms with Gasteiger partial charge in [-0.05, 0) is 43.7 Å². The van der Waals surface area contributed by atoms with E-state index in [2.05, 4.69) is 0 Å². The van der Waals surface area contributed by atoms with E-state index in [1.165, 1.54) is 0 Å². The second-order valence-corrected chi connectivity index (χ2v) is 6.20. The lowest BCUT2D eigenvalue weighted by atomic mass is 10.1. The Balaban J connectivity index is 1.56. The minimum atomic E-state index is -0.550. The zero-order valence-corrected chi connectivity index (χ0v) is 14.7. The Bertz CT molecular complexity index is 873. The van der Waals surface area contributed by atoms with Crippen LogP contribution in [0.4, 0.5) is 0 Å². The summed E-state index contributed by atoms with van der Waals surface area (Å²) in [6.45, 7) is 4.05. The van der Waals surface area contributed by atoms with Crippen molar-refractivity contribution < 1.29 is 23.5 Å². The van der Waals surface area contributed by atoms with E-state index in [1.807, 2.05) is 32.0 Å². The predicted octanol–water partition coefficient (Wildman–Crippen LogP) is 4.40. The molecule has 5 heteroatoms. The number of esters is 1. The monoisotopic (exact) mass is 352 g/mol. The van der Waals surface area contributed by atoms with Crippen molar-refractivity contribution in [2.24, 2.45) is 0 Å². The molecule has 1 heterocycles. The summed E-state index contributed by atoms with van der Waals surface area (Å²) in [4.78, 5) is 24.3. The summed E-state index contributed by atoms with van der Waals surface area (Å²) < 4.78 is 16.1. The molecule has 1 aromatic heterocycles. The molecule has 134 valence electrons. The van der Waals surface area contributed by atoms with Crippen molar-refractivity contribution in [2.75, 3.05) is 6.61 Å². The van der Waals surface area contributed by atoms with Crippen molar-refractivity contribution in [3.63, 3.8) is 0 Å². The molecule has 0 radical (unpaired) electrons. The number of ketones is 1. The minimum absolute atomic E-state index is 0.143. The average Bonchev–Trinajstić information content (AvgIpc) is 3.09. The first kappa shape index (κ1) is 17.9. The van der Waals surface area contributed by atoms with Crippen LogP contribution in [0.3, 0.4) is 0 Å². The molecule has 3 aromatic rings. The number of rotatable bonds is 7. The summed E-state index contributed by atoms with van der Waals surface area (Å²) in [6.07, 6.45) is 0.143. The fourth-order valence-corrected chi connectivity index (χ4v) is 2.40. The van der Waals surface area contributed by atoms with Crippen LogP contribution in [0.15, 0.2) is 59.0 Å². The first-order valence-electron chi connectivity index (χ1n) is 8.42. The molecular formula is C21H20O5. The van der Waals surface area contributed by atoms with E-state index in [9.17, 15) is 9.59 Å². The van der Waals surface area contributed by atoms with Gasteiger partial charge in [0, 0.05) is 5.39 Å². The highest BCUT2D eigenvalue weighted by molar-refractivity contribution is 6.00. The topological polar surface area (TPSA) is 65.7 Å². The maximum atomic E-state index is 12.2. The van der Waals surface area contributed by atoms with E-state index in [0.717, 1.165) is 10.9 Å². The van der Waals surface area contributed by atoms with Crippen LogP contribution >= 0.6 is 0 Å². The van der Waals surface area contributed by atoms with Gasteiger partial charge in [-0.25, -0.2) is 4.79 Å². The minimum Gasteiger partial charge on any atom is -0.454 e. The van der Waals surface area contributed by atoms with Crippen molar-refractivity contribution in [1.82, 2.24) is 0 Å². The Hall–Kier alpha value is -2.92. The highest BCUT2D eigenvalue weighted by atomic mass is 16.5. The van der Waals surface area contributed by atoms with Gasteiger partial charge in [0.25, 0.3) is 0 Å². The van der Waals surface area contributed by atoms with Gasteiger partial charge in [-0.15, -0.1) is 0 Å². The number of hydrogen-bond acceptors (Lipinski definition) is 5. The Labute approximate surface area is 151 Å². The number of hydrogen-bond donors (Lipinski definition) is 0. The third-order valence-corrected chi connectivity index (χ3v) is 3.81. The number of ether oxygens (including phenoxy) is 2. The number of benzene rings is 2. The molecule has 0 spiro atoms. The van der Waals surface area contributed by atoms with Crippen molar-refractivity contribution in [3.05, 3.63) is 71.5 Å². The van der Waals surface area contributed by atoms with Gasteiger partial charge in [0.2, 0.25) is 5.78 Å². The molecule has 0 saturated heterocycles. The second kappa shape index (κ2) is 7.97. The van der Waals surface area contributed by atoms with Crippen LogP contribution in [0, 0.1) is 0 Å². The number of fused-ring (bicyclic) bond motifs is 1. The molecule has 0 aliphatic carbocycles. The summed E-state index contributed by atoms with van der Waals surface area (Å²) in [5, 5.41) is 0.835. The zero-order valence-electron chi connectivity index (χ0n) is 14.7. The Morgan fingerprint density at radius 3 is 2.46 bits per heavy atom. The molecule has 0 bridgehead atoms. The normalized spacial score (nSPS) is 11.0. The van der Waals surface area contributed by atoms with Gasteiger partial charge in [0.15, 0.2) is 12.4 Å². The molecule has 0 N–H and O–H groups in total. The van der Waals surface area contributed by atoms with Crippen LogP contribution in [0.25, 0.3) is 11.0 Å². The van der Waals surface area contributed by atoms with Gasteiger partial charge in [0.1, 0.15) is 5.58 Å².